The van der Waals surface area contributed by atoms with Crippen LogP contribution in [0.3, 0.4) is 0 Å². The predicted molar refractivity (Wildman–Crippen MR) is 124 cm³/mol. The second kappa shape index (κ2) is 9.41. The summed E-state index contributed by atoms with van der Waals surface area (Å²) in [5.41, 5.74) is 6.16. The summed E-state index contributed by atoms with van der Waals surface area (Å²) < 4.78 is 38.4. The van der Waals surface area contributed by atoms with Crippen molar-refractivity contribution >= 4 is 34.7 Å². The Bertz CT molecular complexity index is 1190. The second-order valence-electron chi connectivity index (χ2n) is 8.06. The number of thiazole rings is 1. The lowest BCUT2D eigenvalue weighted by molar-refractivity contribution is -0.137. The highest BCUT2D eigenvalue weighted by Crippen LogP contribution is 2.33. The zero-order valence-corrected chi connectivity index (χ0v) is 19.0. The summed E-state index contributed by atoms with van der Waals surface area (Å²) >= 11 is 1.11. The minimum atomic E-state index is -4.41. The van der Waals surface area contributed by atoms with Crippen molar-refractivity contribution in [3.63, 3.8) is 0 Å². The summed E-state index contributed by atoms with van der Waals surface area (Å²) in [6.45, 7) is 2.96. The van der Waals surface area contributed by atoms with Gasteiger partial charge in [-0.1, -0.05) is 12.1 Å². The molecule has 0 bridgehead atoms. The molecule has 3 aromatic rings. The van der Waals surface area contributed by atoms with Gasteiger partial charge >= 0.3 is 6.18 Å². The van der Waals surface area contributed by atoms with E-state index in [1.54, 1.807) is 19.1 Å². The number of primary amides is 1. The Labute approximate surface area is 197 Å². The number of benzene rings is 1. The van der Waals surface area contributed by atoms with Crippen LogP contribution in [-0.4, -0.2) is 34.9 Å². The quantitative estimate of drug-likeness (QED) is 0.550. The molecular weight excluding hydrogens is 467 g/mol. The number of carbonyl (C=O) groups is 2. The molecule has 0 saturated carbocycles. The van der Waals surface area contributed by atoms with Crippen LogP contribution in [0.5, 0.6) is 0 Å². The average Bonchev–Trinajstić information content (AvgIpc) is 3.21. The van der Waals surface area contributed by atoms with Crippen LogP contribution in [0, 0.1) is 12.8 Å². The number of piperidine rings is 1. The summed E-state index contributed by atoms with van der Waals surface area (Å²) in [5, 5.41) is 3.23. The Hall–Kier alpha value is -3.47. The highest BCUT2D eigenvalue weighted by atomic mass is 32.1. The predicted octanol–water partition coefficient (Wildman–Crippen LogP) is 4.49. The zero-order chi connectivity index (χ0) is 24.5. The molecule has 0 radical (unpaired) electrons. The van der Waals surface area contributed by atoms with Crippen molar-refractivity contribution in [3.8, 4) is 10.6 Å². The summed E-state index contributed by atoms with van der Waals surface area (Å²) in [7, 11) is 0. The van der Waals surface area contributed by atoms with Gasteiger partial charge in [-0.15, -0.1) is 11.3 Å². The van der Waals surface area contributed by atoms with E-state index in [1.807, 2.05) is 4.90 Å². The fourth-order valence-electron chi connectivity index (χ4n) is 3.78. The molecular formula is C23H22F3N5O2S. The number of hydrogen-bond donors (Lipinski definition) is 2. The van der Waals surface area contributed by atoms with Gasteiger partial charge in [0.05, 0.1) is 29.1 Å². The van der Waals surface area contributed by atoms with E-state index in [1.165, 1.54) is 18.3 Å². The van der Waals surface area contributed by atoms with Crippen LogP contribution < -0.4 is 16.0 Å². The minimum Gasteiger partial charge on any atom is -0.369 e. The molecule has 2 aromatic heterocycles. The van der Waals surface area contributed by atoms with Gasteiger partial charge in [0, 0.05) is 18.7 Å². The van der Waals surface area contributed by atoms with E-state index in [0.29, 0.717) is 39.2 Å². The number of amides is 2. The van der Waals surface area contributed by atoms with Crippen molar-refractivity contribution in [2.24, 2.45) is 11.7 Å². The van der Waals surface area contributed by atoms with E-state index in [-0.39, 0.29) is 17.7 Å². The van der Waals surface area contributed by atoms with Crippen molar-refractivity contribution in [1.82, 2.24) is 9.97 Å². The van der Waals surface area contributed by atoms with Crippen molar-refractivity contribution in [1.29, 1.82) is 0 Å². The lowest BCUT2D eigenvalue weighted by atomic mass is 9.97. The van der Waals surface area contributed by atoms with Gasteiger partial charge in [0.1, 0.15) is 15.7 Å². The molecule has 1 aliphatic heterocycles. The van der Waals surface area contributed by atoms with Gasteiger partial charge in [-0.2, -0.15) is 13.2 Å². The van der Waals surface area contributed by atoms with Gasteiger partial charge in [-0.3, -0.25) is 9.59 Å². The van der Waals surface area contributed by atoms with Gasteiger partial charge in [0.2, 0.25) is 5.91 Å². The van der Waals surface area contributed by atoms with Gasteiger partial charge in [0.15, 0.2) is 0 Å². The molecule has 178 valence electrons. The van der Waals surface area contributed by atoms with Crippen LogP contribution in [0.1, 0.15) is 33.8 Å². The fraction of sp³-hybridized carbons (Fsp3) is 0.304. The number of hydrogen-bond acceptors (Lipinski definition) is 6. The van der Waals surface area contributed by atoms with Crippen LogP contribution in [0.4, 0.5) is 24.7 Å². The van der Waals surface area contributed by atoms with Gasteiger partial charge in [0.25, 0.3) is 5.91 Å². The third kappa shape index (κ3) is 5.19. The molecule has 2 amide bonds. The lowest BCUT2D eigenvalue weighted by Crippen LogP contribution is -2.41. The molecule has 11 heteroatoms. The number of halogens is 3. The molecule has 1 fully saturated rings. The molecule has 0 spiro atoms. The number of pyridine rings is 1. The van der Waals surface area contributed by atoms with Crippen LogP contribution in [0.2, 0.25) is 0 Å². The SMILES string of the molecule is Cc1nc(-c2ccc(C(F)(F)F)cc2)sc1C(=O)Nc1ccc(N2CCCC(C(N)=O)C2)nc1. The molecule has 7 nitrogen and oxygen atoms in total. The summed E-state index contributed by atoms with van der Waals surface area (Å²) in [4.78, 5) is 35.4. The number of alkyl halides is 3. The first-order valence-electron chi connectivity index (χ1n) is 10.6. The normalized spacial score (nSPS) is 16.4. The third-order valence-corrected chi connectivity index (χ3v) is 6.82. The van der Waals surface area contributed by atoms with Crippen LogP contribution in [-0.2, 0) is 11.0 Å². The number of aryl methyl sites for hydroxylation is 1. The summed E-state index contributed by atoms with van der Waals surface area (Å²) in [6, 6.07) is 8.16. The maximum Gasteiger partial charge on any atom is 0.416 e. The van der Waals surface area contributed by atoms with E-state index in [4.69, 9.17) is 5.73 Å². The minimum absolute atomic E-state index is 0.205. The topological polar surface area (TPSA) is 101 Å². The highest BCUT2D eigenvalue weighted by molar-refractivity contribution is 7.17. The number of carbonyl (C=O) groups excluding carboxylic acids is 2. The number of anilines is 2. The van der Waals surface area contributed by atoms with Crippen molar-refractivity contribution < 1.29 is 22.8 Å². The number of nitrogens with zero attached hydrogens (tertiary/aromatic N) is 3. The van der Waals surface area contributed by atoms with E-state index in [2.05, 4.69) is 15.3 Å². The first kappa shape index (κ1) is 23.7. The van der Waals surface area contributed by atoms with Gasteiger partial charge in [-0.25, -0.2) is 9.97 Å². The van der Waals surface area contributed by atoms with E-state index >= 15 is 0 Å². The first-order chi connectivity index (χ1) is 16.1. The van der Waals surface area contributed by atoms with Gasteiger partial charge < -0.3 is 16.0 Å². The summed E-state index contributed by atoms with van der Waals surface area (Å²) in [5.74, 6) is -0.204. The molecule has 1 saturated heterocycles. The Kier molecular flexibility index (Phi) is 6.56. The highest BCUT2D eigenvalue weighted by Gasteiger charge is 2.30. The molecule has 1 atom stereocenters. The Morgan fingerprint density at radius 3 is 2.53 bits per heavy atom. The Balaban J connectivity index is 1.44. The van der Waals surface area contributed by atoms with Crippen molar-refractivity contribution in [2.45, 2.75) is 25.9 Å². The van der Waals surface area contributed by atoms with Crippen LogP contribution in [0.25, 0.3) is 10.6 Å². The Morgan fingerprint density at radius 2 is 1.91 bits per heavy atom. The van der Waals surface area contributed by atoms with Crippen molar-refractivity contribution in [3.05, 3.63) is 58.7 Å². The van der Waals surface area contributed by atoms with Crippen LogP contribution in [0.15, 0.2) is 42.6 Å². The maximum absolute atomic E-state index is 12.8. The second-order valence-corrected chi connectivity index (χ2v) is 9.05. The smallest absolute Gasteiger partial charge is 0.369 e. The number of nitrogens with two attached hydrogens (primary N) is 1. The van der Waals surface area contributed by atoms with Crippen LogP contribution >= 0.6 is 11.3 Å². The number of aromatic nitrogens is 2. The number of nitrogens with one attached hydrogen (secondary N) is 1. The molecule has 1 unspecified atom stereocenters. The maximum atomic E-state index is 12.8. The zero-order valence-electron chi connectivity index (χ0n) is 18.2. The molecule has 4 rings (SSSR count). The van der Waals surface area contributed by atoms with E-state index in [9.17, 15) is 22.8 Å². The fourth-order valence-corrected chi connectivity index (χ4v) is 4.75. The molecule has 0 aliphatic carbocycles. The first-order valence-corrected chi connectivity index (χ1v) is 11.4. The monoisotopic (exact) mass is 489 g/mol. The van der Waals surface area contributed by atoms with E-state index < -0.39 is 11.7 Å². The lowest BCUT2D eigenvalue weighted by Gasteiger charge is -2.32. The van der Waals surface area contributed by atoms with Crippen molar-refractivity contribution in [2.75, 3.05) is 23.3 Å². The summed E-state index contributed by atoms with van der Waals surface area (Å²) in [6.07, 6.45) is -1.26. The standard InChI is InChI=1S/C23H22F3N5O2S/c1-13-19(34-22(29-13)14-4-6-16(7-5-14)23(24,25)26)21(33)30-17-8-9-18(28-11-17)31-10-2-3-15(12-31)20(27)32/h4-9,11,15H,2-3,10,12H2,1H3,(H2,27,32)(H,30,33). The molecule has 3 N–H and O–H groups in total. The van der Waals surface area contributed by atoms with E-state index in [0.717, 1.165) is 42.9 Å². The third-order valence-electron chi connectivity index (χ3n) is 5.62. The largest absolute Gasteiger partial charge is 0.416 e. The average molecular weight is 490 g/mol. The Morgan fingerprint density at radius 1 is 1.18 bits per heavy atom. The molecule has 34 heavy (non-hydrogen) atoms. The molecule has 3 heterocycles. The number of rotatable bonds is 5. The molecule has 1 aliphatic rings. The van der Waals surface area contributed by atoms with Gasteiger partial charge in [-0.05, 0) is 44.0 Å². The molecule has 1 aromatic carbocycles.